The number of rotatable bonds is 5. The number of nitrogens with zero attached hydrogens (tertiary/aromatic N) is 2. The average molecular weight is 452 g/mol. The molecule has 0 radical (unpaired) electrons. The molecule has 0 unspecified atom stereocenters. The zero-order valence-electron chi connectivity index (χ0n) is 18.9. The fourth-order valence-electron chi connectivity index (χ4n) is 4.17. The molecule has 1 fully saturated rings. The topological polar surface area (TPSA) is 113 Å². The summed E-state index contributed by atoms with van der Waals surface area (Å²) in [6.07, 6.45) is 4.67. The molecule has 0 bridgehead atoms. The van der Waals surface area contributed by atoms with Crippen LogP contribution in [-0.4, -0.2) is 46.4 Å². The summed E-state index contributed by atoms with van der Waals surface area (Å²) in [5, 5.41) is 11.0. The Kier molecular flexibility index (Phi) is 8.18. The third-order valence-electron chi connectivity index (χ3n) is 5.91. The zero-order valence-corrected chi connectivity index (χ0v) is 18.9. The standard InChI is InChI=1S/C24H27N3O3.CH2O2/c1-16-13-14-30-22(16)23(28)26-19-10-8-18(9-11-19)24(29)27(2)15-20-12-7-17-5-3-4-6-21(17)25-20;2-1-3/h3-7,12-14,18-19H,8-11,15H2,1-2H3,(H,26,28);1H,(H,2,3). The van der Waals surface area contributed by atoms with Crippen LogP contribution in [0, 0.1) is 12.8 Å². The summed E-state index contributed by atoms with van der Waals surface area (Å²) in [5.41, 5.74) is 2.67. The van der Waals surface area contributed by atoms with E-state index in [1.807, 2.05) is 50.4 Å². The van der Waals surface area contributed by atoms with E-state index in [1.165, 1.54) is 6.26 Å². The largest absolute Gasteiger partial charge is 0.483 e. The van der Waals surface area contributed by atoms with E-state index in [1.54, 1.807) is 11.0 Å². The van der Waals surface area contributed by atoms with Gasteiger partial charge in [-0.2, -0.15) is 0 Å². The first kappa shape index (κ1) is 24.0. The van der Waals surface area contributed by atoms with Gasteiger partial charge in [0.1, 0.15) is 0 Å². The minimum absolute atomic E-state index is 0.00560. The number of aryl methyl sites for hydroxylation is 1. The normalized spacial score (nSPS) is 17.5. The van der Waals surface area contributed by atoms with Gasteiger partial charge in [0.15, 0.2) is 5.76 Å². The average Bonchev–Trinajstić information content (AvgIpc) is 3.25. The van der Waals surface area contributed by atoms with Crippen molar-refractivity contribution >= 4 is 29.2 Å². The van der Waals surface area contributed by atoms with E-state index < -0.39 is 0 Å². The van der Waals surface area contributed by atoms with Crippen molar-refractivity contribution in [3.63, 3.8) is 0 Å². The molecule has 2 N–H and O–H groups in total. The molecule has 1 aromatic carbocycles. The molecule has 8 heteroatoms. The van der Waals surface area contributed by atoms with Crippen LogP contribution >= 0.6 is 0 Å². The summed E-state index contributed by atoms with van der Waals surface area (Å²) < 4.78 is 5.26. The van der Waals surface area contributed by atoms with Crippen LogP contribution in [0.15, 0.2) is 53.1 Å². The Hall–Kier alpha value is -3.68. The van der Waals surface area contributed by atoms with E-state index in [0.717, 1.165) is 47.8 Å². The lowest BCUT2D eigenvalue weighted by Crippen LogP contribution is -2.41. The van der Waals surface area contributed by atoms with Crippen LogP contribution in [0.25, 0.3) is 10.9 Å². The number of amides is 2. The number of carbonyl (C=O) groups is 3. The van der Waals surface area contributed by atoms with Crippen molar-refractivity contribution < 1.29 is 23.9 Å². The first-order valence-electron chi connectivity index (χ1n) is 11.0. The number of hydrogen-bond acceptors (Lipinski definition) is 5. The maximum Gasteiger partial charge on any atom is 0.290 e. The Labute approximate surface area is 192 Å². The highest BCUT2D eigenvalue weighted by Crippen LogP contribution is 2.27. The number of aromatic nitrogens is 1. The van der Waals surface area contributed by atoms with Gasteiger partial charge in [0.05, 0.1) is 24.0 Å². The second-order valence-electron chi connectivity index (χ2n) is 8.25. The van der Waals surface area contributed by atoms with Gasteiger partial charge < -0.3 is 19.7 Å². The van der Waals surface area contributed by atoms with Gasteiger partial charge in [-0.15, -0.1) is 0 Å². The first-order valence-corrected chi connectivity index (χ1v) is 11.0. The molecule has 33 heavy (non-hydrogen) atoms. The molecule has 0 atom stereocenters. The lowest BCUT2D eigenvalue weighted by atomic mass is 9.85. The molecule has 1 saturated carbocycles. The van der Waals surface area contributed by atoms with Crippen molar-refractivity contribution in [1.29, 1.82) is 0 Å². The summed E-state index contributed by atoms with van der Waals surface area (Å²) in [6.45, 7) is 2.10. The molecular weight excluding hydrogens is 422 g/mol. The minimum atomic E-state index is -0.250. The van der Waals surface area contributed by atoms with Gasteiger partial charge in [-0.25, -0.2) is 0 Å². The van der Waals surface area contributed by atoms with E-state index in [9.17, 15) is 9.59 Å². The molecule has 0 saturated heterocycles. The van der Waals surface area contributed by atoms with E-state index in [2.05, 4.69) is 10.3 Å². The smallest absolute Gasteiger partial charge is 0.290 e. The molecule has 4 rings (SSSR count). The molecule has 8 nitrogen and oxygen atoms in total. The summed E-state index contributed by atoms with van der Waals surface area (Å²) in [4.78, 5) is 40.1. The van der Waals surface area contributed by atoms with Crippen LogP contribution in [0.1, 0.15) is 47.5 Å². The van der Waals surface area contributed by atoms with Crippen LogP contribution in [0.2, 0.25) is 0 Å². The van der Waals surface area contributed by atoms with Gasteiger partial charge in [0.25, 0.3) is 12.4 Å². The Morgan fingerprint density at radius 1 is 1.15 bits per heavy atom. The molecule has 0 aliphatic heterocycles. The highest BCUT2D eigenvalue weighted by atomic mass is 16.3. The predicted molar refractivity (Wildman–Crippen MR) is 124 cm³/mol. The molecule has 174 valence electrons. The number of hydrogen-bond donors (Lipinski definition) is 2. The van der Waals surface area contributed by atoms with Crippen molar-refractivity contribution in [2.75, 3.05) is 7.05 Å². The minimum Gasteiger partial charge on any atom is -0.483 e. The van der Waals surface area contributed by atoms with E-state index in [0.29, 0.717) is 12.3 Å². The summed E-state index contributed by atoms with van der Waals surface area (Å²) in [6, 6.07) is 13.9. The third kappa shape index (κ3) is 6.19. The fraction of sp³-hybridized carbons (Fsp3) is 0.360. The van der Waals surface area contributed by atoms with Crippen molar-refractivity contribution in [3.05, 3.63) is 65.7 Å². The van der Waals surface area contributed by atoms with Gasteiger partial charge in [0, 0.05) is 30.0 Å². The molecule has 2 aromatic heterocycles. The molecule has 0 spiro atoms. The Morgan fingerprint density at radius 3 is 2.52 bits per heavy atom. The van der Waals surface area contributed by atoms with Crippen LogP contribution < -0.4 is 5.32 Å². The van der Waals surface area contributed by atoms with Crippen molar-refractivity contribution in [1.82, 2.24) is 15.2 Å². The Bertz CT molecular complexity index is 1100. The van der Waals surface area contributed by atoms with Crippen LogP contribution in [0.3, 0.4) is 0 Å². The molecule has 1 aliphatic rings. The number of benzene rings is 1. The summed E-state index contributed by atoms with van der Waals surface area (Å²) in [7, 11) is 1.84. The van der Waals surface area contributed by atoms with Crippen LogP contribution in [-0.2, 0) is 16.1 Å². The van der Waals surface area contributed by atoms with Crippen molar-refractivity contribution in [2.24, 2.45) is 5.92 Å². The maximum absolute atomic E-state index is 12.9. The SMILES string of the molecule is Cc1ccoc1C(=O)NC1CCC(C(=O)N(C)Cc2ccc3ccccc3n2)CC1.O=CO. The van der Waals surface area contributed by atoms with Gasteiger partial charge >= 0.3 is 0 Å². The predicted octanol–water partition coefficient (Wildman–Crippen LogP) is 3.78. The number of pyridine rings is 1. The van der Waals surface area contributed by atoms with E-state index >= 15 is 0 Å². The number of carboxylic acid groups (broad SMARTS) is 1. The fourth-order valence-corrected chi connectivity index (χ4v) is 4.17. The van der Waals surface area contributed by atoms with E-state index in [-0.39, 0.29) is 30.2 Å². The third-order valence-corrected chi connectivity index (χ3v) is 5.91. The van der Waals surface area contributed by atoms with Gasteiger partial charge in [-0.05, 0) is 50.8 Å². The molecule has 2 amide bonds. The number of carbonyl (C=O) groups excluding carboxylic acids is 2. The van der Waals surface area contributed by atoms with E-state index in [4.69, 9.17) is 14.3 Å². The Balaban J connectivity index is 0.000000968. The van der Waals surface area contributed by atoms with Crippen molar-refractivity contribution in [2.45, 2.75) is 45.2 Å². The molecule has 3 aromatic rings. The highest BCUT2D eigenvalue weighted by Gasteiger charge is 2.29. The molecule has 1 aliphatic carbocycles. The van der Waals surface area contributed by atoms with Gasteiger partial charge in [0.2, 0.25) is 5.91 Å². The van der Waals surface area contributed by atoms with Gasteiger partial charge in [-0.3, -0.25) is 19.4 Å². The second kappa shape index (κ2) is 11.3. The highest BCUT2D eigenvalue weighted by molar-refractivity contribution is 5.93. The van der Waals surface area contributed by atoms with Gasteiger partial charge in [-0.1, -0.05) is 24.3 Å². The summed E-state index contributed by atoms with van der Waals surface area (Å²) >= 11 is 0. The lowest BCUT2D eigenvalue weighted by Gasteiger charge is -2.30. The molecular formula is C25H29N3O5. The van der Waals surface area contributed by atoms with Crippen LogP contribution in [0.5, 0.6) is 0 Å². The quantitative estimate of drug-likeness (QED) is 0.571. The second-order valence-corrected chi connectivity index (χ2v) is 8.25. The van der Waals surface area contributed by atoms with Crippen LogP contribution in [0.4, 0.5) is 0 Å². The number of fused-ring (bicyclic) bond motifs is 1. The Morgan fingerprint density at radius 2 is 1.85 bits per heavy atom. The first-order chi connectivity index (χ1) is 15.9. The lowest BCUT2D eigenvalue weighted by molar-refractivity contribution is -0.136. The number of nitrogens with one attached hydrogen (secondary N) is 1. The summed E-state index contributed by atoms with van der Waals surface area (Å²) in [5.74, 6) is 0.341. The number of furan rings is 1. The zero-order chi connectivity index (χ0) is 23.8. The monoisotopic (exact) mass is 451 g/mol. The molecule has 2 heterocycles. The van der Waals surface area contributed by atoms with Crippen molar-refractivity contribution in [3.8, 4) is 0 Å². The number of para-hydroxylation sites is 1. The maximum atomic E-state index is 12.9.